The number of benzene rings is 2. The summed E-state index contributed by atoms with van der Waals surface area (Å²) in [4.78, 5) is 26.6. The van der Waals surface area contributed by atoms with Crippen LogP contribution in [0.1, 0.15) is 24.0 Å². The molecular formula is C22H16ClF6N5O2S. The highest BCUT2D eigenvalue weighted by Gasteiger charge is 2.38. The molecule has 15 heteroatoms. The summed E-state index contributed by atoms with van der Waals surface area (Å²) in [5.41, 5.74) is -3.17. The molecule has 0 aliphatic carbocycles. The Kier molecular flexibility index (Phi) is 7.33. The van der Waals surface area contributed by atoms with Gasteiger partial charge in [-0.05, 0) is 43.2 Å². The molecule has 2 aromatic carbocycles. The maximum Gasteiger partial charge on any atom is 0.416 e. The van der Waals surface area contributed by atoms with Gasteiger partial charge in [0, 0.05) is 22.8 Å². The molecule has 0 saturated carbocycles. The third kappa shape index (κ3) is 6.31. The van der Waals surface area contributed by atoms with Gasteiger partial charge >= 0.3 is 18.4 Å². The van der Waals surface area contributed by atoms with E-state index in [2.05, 4.69) is 20.8 Å². The molecule has 0 radical (unpaired) electrons. The smallest absolute Gasteiger partial charge is 0.312 e. The lowest BCUT2D eigenvalue weighted by Gasteiger charge is -2.24. The standard InChI is InChI=1S/C22H16ClF6N5O2S/c23-14-4-1-3-11(7-14)18-32-33-19(37-18)31-17(35)16-5-2-6-34(16)20(36)30-15-9-12(21(24,25)26)8-13(10-15)22(27,28)29/h1,3-4,7-10,16H,2,5-6H2,(H,30,36)(H,31,33,35). The van der Waals surface area contributed by atoms with Crippen molar-refractivity contribution >= 4 is 45.7 Å². The summed E-state index contributed by atoms with van der Waals surface area (Å²) >= 11 is 7.03. The first-order chi connectivity index (χ1) is 17.3. The Morgan fingerprint density at radius 1 is 0.973 bits per heavy atom. The van der Waals surface area contributed by atoms with Crippen molar-refractivity contribution in [3.63, 3.8) is 0 Å². The lowest BCUT2D eigenvalue weighted by molar-refractivity contribution is -0.143. The predicted octanol–water partition coefficient (Wildman–Crippen LogP) is 6.53. The van der Waals surface area contributed by atoms with Crippen LogP contribution in [0.5, 0.6) is 0 Å². The van der Waals surface area contributed by atoms with Crippen LogP contribution in [-0.2, 0) is 17.1 Å². The number of halogens is 7. The highest BCUT2D eigenvalue weighted by atomic mass is 35.5. The summed E-state index contributed by atoms with van der Waals surface area (Å²) in [6.07, 6.45) is -9.51. The topological polar surface area (TPSA) is 87.2 Å². The number of hydrogen-bond acceptors (Lipinski definition) is 5. The number of anilines is 2. The Bertz CT molecular complexity index is 1300. The summed E-state index contributed by atoms with van der Waals surface area (Å²) in [5.74, 6) is -0.624. The van der Waals surface area contributed by atoms with Gasteiger partial charge in [-0.25, -0.2) is 4.79 Å². The number of nitrogens with zero attached hydrogens (tertiary/aromatic N) is 3. The quantitative estimate of drug-likeness (QED) is 0.353. The van der Waals surface area contributed by atoms with E-state index in [1.54, 1.807) is 24.3 Å². The van der Waals surface area contributed by atoms with Gasteiger partial charge in [0.05, 0.1) is 11.1 Å². The minimum Gasteiger partial charge on any atom is -0.312 e. The van der Waals surface area contributed by atoms with Crippen molar-refractivity contribution in [2.24, 2.45) is 0 Å². The fourth-order valence-corrected chi connectivity index (χ4v) is 4.64. The van der Waals surface area contributed by atoms with Crippen LogP contribution in [0.4, 0.5) is 42.0 Å². The average molecular weight is 564 g/mol. The van der Waals surface area contributed by atoms with E-state index in [1.165, 1.54) is 0 Å². The van der Waals surface area contributed by atoms with Gasteiger partial charge in [0.15, 0.2) is 0 Å². The van der Waals surface area contributed by atoms with Gasteiger partial charge in [0.25, 0.3) is 0 Å². The highest BCUT2D eigenvalue weighted by Crippen LogP contribution is 2.38. The zero-order valence-corrected chi connectivity index (χ0v) is 20.0. The van der Waals surface area contributed by atoms with Crippen molar-refractivity contribution in [2.75, 3.05) is 17.2 Å². The third-order valence-corrected chi connectivity index (χ3v) is 6.50. The molecule has 1 unspecified atom stereocenters. The summed E-state index contributed by atoms with van der Waals surface area (Å²) in [6.45, 7) is 0.0683. The van der Waals surface area contributed by atoms with Gasteiger partial charge in [-0.15, -0.1) is 10.2 Å². The number of amides is 3. The van der Waals surface area contributed by atoms with Gasteiger partial charge in [-0.3, -0.25) is 10.1 Å². The lowest BCUT2D eigenvalue weighted by Crippen LogP contribution is -2.45. The first-order valence-corrected chi connectivity index (χ1v) is 11.8. The zero-order chi connectivity index (χ0) is 27.0. The number of urea groups is 1. The van der Waals surface area contributed by atoms with Gasteiger partial charge in [0.2, 0.25) is 11.0 Å². The number of rotatable bonds is 4. The average Bonchev–Trinajstić information content (AvgIpc) is 3.48. The second-order valence-electron chi connectivity index (χ2n) is 7.99. The number of carbonyl (C=O) groups excluding carboxylic acids is 2. The van der Waals surface area contributed by atoms with E-state index in [4.69, 9.17) is 11.6 Å². The van der Waals surface area contributed by atoms with Gasteiger partial charge in [-0.2, -0.15) is 26.3 Å². The molecule has 2 heterocycles. The van der Waals surface area contributed by atoms with E-state index in [1.807, 2.05) is 0 Å². The van der Waals surface area contributed by atoms with Crippen molar-refractivity contribution in [3.05, 3.63) is 58.6 Å². The van der Waals surface area contributed by atoms with Crippen LogP contribution in [0.3, 0.4) is 0 Å². The number of alkyl halides is 6. The molecule has 196 valence electrons. The fraction of sp³-hybridized carbons (Fsp3) is 0.273. The number of carbonyl (C=O) groups is 2. The van der Waals surface area contributed by atoms with Gasteiger partial charge < -0.3 is 10.2 Å². The number of aromatic nitrogens is 2. The molecule has 3 amide bonds. The molecule has 7 nitrogen and oxygen atoms in total. The van der Waals surface area contributed by atoms with E-state index in [0.29, 0.717) is 34.1 Å². The van der Waals surface area contributed by atoms with Crippen LogP contribution in [0, 0.1) is 0 Å². The molecule has 1 aromatic heterocycles. The van der Waals surface area contributed by atoms with Crippen molar-refractivity contribution in [3.8, 4) is 10.6 Å². The van der Waals surface area contributed by atoms with E-state index >= 15 is 0 Å². The van der Waals surface area contributed by atoms with Crippen molar-refractivity contribution < 1.29 is 35.9 Å². The minimum absolute atomic E-state index is 0.0402. The first-order valence-electron chi connectivity index (χ1n) is 10.6. The lowest BCUT2D eigenvalue weighted by atomic mass is 10.1. The molecule has 0 spiro atoms. The molecule has 1 atom stereocenters. The highest BCUT2D eigenvalue weighted by molar-refractivity contribution is 7.18. The van der Waals surface area contributed by atoms with Crippen molar-refractivity contribution in [1.82, 2.24) is 15.1 Å². The van der Waals surface area contributed by atoms with Crippen molar-refractivity contribution in [2.45, 2.75) is 31.2 Å². The molecule has 1 fully saturated rings. The van der Waals surface area contributed by atoms with Gasteiger partial charge in [-0.1, -0.05) is 35.1 Å². The Hall–Kier alpha value is -3.39. The summed E-state index contributed by atoms with van der Waals surface area (Å²) in [7, 11) is 0. The number of hydrogen-bond donors (Lipinski definition) is 2. The molecule has 37 heavy (non-hydrogen) atoms. The summed E-state index contributed by atoms with van der Waals surface area (Å²) < 4.78 is 78.7. The van der Waals surface area contributed by atoms with Crippen molar-refractivity contribution in [1.29, 1.82) is 0 Å². The second-order valence-corrected chi connectivity index (χ2v) is 9.40. The summed E-state index contributed by atoms with van der Waals surface area (Å²) in [6, 6.07) is 5.53. The van der Waals surface area contributed by atoms with Crippen LogP contribution >= 0.6 is 22.9 Å². The minimum atomic E-state index is -5.07. The third-order valence-electron chi connectivity index (χ3n) is 5.38. The number of nitrogens with one attached hydrogen (secondary N) is 2. The normalized spacial score (nSPS) is 16.1. The second kappa shape index (κ2) is 10.2. The SMILES string of the molecule is O=C(Nc1nnc(-c2cccc(Cl)c2)s1)C1CCCN1C(=O)Nc1cc(C(F)(F)F)cc(C(F)(F)F)c1. The molecule has 0 bridgehead atoms. The Balaban J connectivity index is 1.48. The molecule has 1 saturated heterocycles. The zero-order valence-electron chi connectivity index (χ0n) is 18.5. The molecule has 1 aliphatic rings. The first kappa shape index (κ1) is 26.7. The molecule has 3 aromatic rings. The van der Waals surface area contributed by atoms with Crippen LogP contribution in [0.15, 0.2) is 42.5 Å². The maximum absolute atomic E-state index is 13.1. The Morgan fingerprint density at radius 3 is 2.27 bits per heavy atom. The van der Waals surface area contributed by atoms with Gasteiger partial charge in [0.1, 0.15) is 11.0 Å². The maximum atomic E-state index is 13.1. The Labute approximate surface area is 214 Å². The van der Waals surface area contributed by atoms with E-state index in [0.717, 1.165) is 16.2 Å². The van der Waals surface area contributed by atoms with Crippen LogP contribution in [-0.4, -0.2) is 39.6 Å². The van der Waals surface area contributed by atoms with Crippen LogP contribution in [0.2, 0.25) is 5.02 Å². The van der Waals surface area contributed by atoms with E-state index in [9.17, 15) is 35.9 Å². The largest absolute Gasteiger partial charge is 0.416 e. The predicted molar refractivity (Wildman–Crippen MR) is 124 cm³/mol. The van der Waals surface area contributed by atoms with Crippen LogP contribution < -0.4 is 10.6 Å². The number of likely N-dealkylation sites (tertiary alicyclic amines) is 1. The molecule has 2 N–H and O–H groups in total. The van der Waals surface area contributed by atoms with E-state index < -0.39 is 47.1 Å². The molecular weight excluding hydrogens is 548 g/mol. The fourth-order valence-electron chi connectivity index (χ4n) is 3.71. The molecule has 4 rings (SSSR count). The van der Waals surface area contributed by atoms with E-state index in [-0.39, 0.29) is 24.2 Å². The summed E-state index contributed by atoms with van der Waals surface area (Å²) in [5, 5.41) is 13.6. The molecule has 1 aliphatic heterocycles. The van der Waals surface area contributed by atoms with Crippen LogP contribution in [0.25, 0.3) is 10.6 Å². The Morgan fingerprint density at radius 2 is 1.65 bits per heavy atom. The monoisotopic (exact) mass is 563 g/mol.